The van der Waals surface area contributed by atoms with Crippen molar-refractivity contribution < 1.29 is 4.52 Å². The Morgan fingerprint density at radius 2 is 2.00 bits per heavy atom. The van der Waals surface area contributed by atoms with Crippen LogP contribution in [-0.2, 0) is 6.42 Å². The summed E-state index contributed by atoms with van der Waals surface area (Å²) in [6.45, 7) is 5.02. The molecule has 4 heteroatoms. The van der Waals surface area contributed by atoms with Crippen LogP contribution in [0.1, 0.15) is 30.3 Å². The summed E-state index contributed by atoms with van der Waals surface area (Å²) in [6.07, 6.45) is 1.74. The van der Waals surface area contributed by atoms with Crippen molar-refractivity contribution in [2.45, 2.75) is 26.7 Å². The maximum atomic E-state index is 5.09. The molecule has 0 spiro atoms. The molecule has 1 aromatic heterocycles. The van der Waals surface area contributed by atoms with Crippen molar-refractivity contribution in [2.24, 2.45) is 0 Å². The van der Waals surface area contributed by atoms with E-state index in [0.29, 0.717) is 18.3 Å². The van der Waals surface area contributed by atoms with Crippen molar-refractivity contribution in [1.29, 1.82) is 0 Å². The molecule has 4 nitrogen and oxygen atoms in total. The quantitative estimate of drug-likeness (QED) is 0.859. The number of benzene rings is 1. The molecule has 0 radical (unpaired) electrons. The first-order valence-electron chi connectivity index (χ1n) is 5.90. The molecule has 0 bridgehead atoms. The first-order valence-corrected chi connectivity index (χ1v) is 5.90. The van der Waals surface area contributed by atoms with Gasteiger partial charge in [0, 0.05) is 13.0 Å². The highest BCUT2D eigenvalue weighted by Gasteiger charge is 2.05. The summed E-state index contributed by atoms with van der Waals surface area (Å²) in [5, 5.41) is 7.01. The molecule has 0 saturated heterocycles. The number of anilines is 1. The van der Waals surface area contributed by atoms with E-state index in [4.69, 9.17) is 4.52 Å². The lowest BCUT2D eigenvalue weighted by atomic mass is 10.1. The van der Waals surface area contributed by atoms with Crippen LogP contribution < -0.4 is 5.32 Å². The second kappa shape index (κ2) is 5.48. The number of hydrogen-bond acceptors (Lipinski definition) is 4. The van der Waals surface area contributed by atoms with E-state index in [1.165, 1.54) is 11.1 Å². The molecule has 17 heavy (non-hydrogen) atoms. The zero-order valence-electron chi connectivity index (χ0n) is 10.2. The zero-order chi connectivity index (χ0) is 12.1. The summed E-state index contributed by atoms with van der Waals surface area (Å²) in [5.74, 6) is 0.715. The first kappa shape index (κ1) is 11.6. The molecule has 2 aromatic rings. The molecule has 0 aliphatic carbocycles. The molecule has 0 aliphatic heterocycles. The van der Waals surface area contributed by atoms with Crippen LogP contribution in [0.2, 0.25) is 0 Å². The molecule has 0 fully saturated rings. The summed E-state index contributed by atoms with van der Waals surface area (Å²) in [7, 11) is 0. The third-order valence-electron chi connectivity index (χ3n) is 2.48. The Bertz CT molecular complexity index is 462. The maximum Gasteiger partial charge on any atom is 0.321 e. The van der Waals surface area contributed by atoms with Crippen molar-refractivity contribution in [3.8, 4) is 0 Å². The van der Waals surface area contributed by atoms with Gasteiger partial charge in [0.25, 0.3) is 0 Å². The second-order valence-electron chi connectivity index (χ2n) is 4.10. The van der Waals surface area contributed by atoms with E-state index >= 15 is 0 Å². The predicted molar refractivity (Wildman–Crippen MR) is 67.1 cm³/mol. The van der Waals surface area contributed by atoms with Crippen molar-refractivity contribution >= 4 is 6.01 Å². The number of nitrogens with zero attached hydrogens (tertiary/aromatic N) is 2. The van der Waals surface area contributed by atoms with Gasteiger partial charge in [-0.1, -0.05) is 41.9 Å². The van der Waals surface area contributed by atoms with Crippen LogP contribution in [-0.4, -0.2) is 16.7 Å². The van der Waals surface area contributed by atoms with Gasteiger partial charge in [-0.3, -0.25) is 0 Å². The number of hydrogen-bond donors (Lipinski definition) is 1. The van der Waals surface area contributed by atoms with Crippen LogP contribution in [0.3, 0.4) is 0 Å². The topological polar surface area (TPSA) is 51.0 Å². The lowest BCUT2D eigenvalue weighted by Crippen LogP contribution is -1.99. The third-order valence-corrected chi connectivity index (χ3v) is 2.48. The van der Waals surface area contributed by atoms with E-state index in [-0.39, 0.29) is 0 Å². The van der Waals surface area contributed by atoms with Gasteiger partial charge in [-0.05, 0) is 18.9 Å². The fourth-order valence-electron chi connectivity index (χ4n) is 1.52. The minimum absolute atomic E-state index is 0.508. The van der Waals surface area contributed by atoms with Gasteiger partial charge in [0.1, 0.15) is 0 Å². The van der Waals surface area contributed by atoms with Gasteiger partial charge < -0.3 is 9.84 Å². The summed E-state index contributed by atoms with van der Waals surface area (Å²) >= 11 is 0. The molecule has 2 rings (SSSR count). The van der Waals surface area contributed by atoms with E-state index in [0.717, 1.165) is 13.0 Å². The summed E-state index contributed by atoms with van der Waals surface area (Å²) < 4.78 is 5.09. The highest BCUT2D eigenvalue weighted by Crippen LogP contribution is 2.10. The lowest BCUT2D eigenvalue weighted by Gasteiger charge is -1.97. The summed E-state index contributed by atoms with van der Waals surface area (Å²) in [5.41, 5.74) is 2.45. The fourth-order valence-corrected chi connectivity index (χ4v) is 1.52. The standard InChI is InChI=1S/C13H17N3O/c1-3-8-14-13-15-12(16-17-13)9-11-6-4-10(2)5-7-11/h4-7H,3,8-9H2,1-2H3,(H,14,15,16). The molecule has 0 atom stereocenters. The van der Waals surface area contributed by atoms with E-state index in [1.54, 1.807) is 0 Å². The fraction of sp³-hybridized carbons (Fsp3) is 0.385. The Hall–Kier alpha value is -1.84. The van der Waals surface area contributed by atoms with Crippen molar-refractivity contribution in [2.75, 3.05) is 11.9 Å². The Labute approximate surface area is 101 Å². The van der Waals surface area contributed by atoms with Gasteiger partial charge in [-0.2, -0.15) is 4.98 Å². The van der Waals surface area contributed by atoms with Crippen LogP contribution in [0.25, 0.3) is 0 Å². The molecule has 1 heterocycles. The van der Waals surface area contributed by atoms with Crippen LogP contribution in [0.5, 0.6) is 0 Å². The highest BCUT2D eigenvalue weighted by atomic mass is 16.5. The summed E-state index contributed by atoms with van der Waals surface area (Å²) in [4.78, 5) is 4.28. The smallest absolute Gasteiger partial charge is 0.321 e. The minimum atomic E-state index is 0.508. The van der Waals surface area contributed by atoms with E-state index in [2.05, 4.69) is 53.6 Å². The normalized spacial score (nSPS) is 10.5. The zero-order valence-corrected chi connectivity index (χ0v) is 10.2. The molecule has 1 N–H and O–H groups in total. The highest BCUT2D eigenvalue weighted by molar-refractivity contribution is 5.25. The Balaban J connectivity index is 1.98. The van der Waals surface area contributed by atoms with Crippen LogP contribution in [0.4, 0.5) is 6.01 Å². The molecule has 0 unspecified atom stereocenters. The SMILES string of the molecule is CCCNc1nc(Cc2ccc(C)cc2)no1. The van der Waals surface area contributed by atoms with Gasteiger partial charge in [-0.25, -0.2) is 0 Å². The van der Waals surface area contributed by atoms with E-state index in [9.17, 15) is 0 Å². The monoisotopic (exact) mass is 231 g/mol. The lowest BCUT2D eigenvalue weighted by molar-refractivity contribution is 0.423. The molecule has 0 aliphatic rings. The second-order valence-corrected chi connectivity index (χ2v) is 4.10. The van der Waals surface area contributed by atoms with Crippen molar-refractivity contribution in [3.05, 3.63) is 41.2 Å². The summed E-state index contributed by atoms with van der Waals surface area (Å²) in [6, 6.07) is 8.86. The molecular weight excluding hydrogens is 214 g/mol. The predicted octanol–water partition coefficient (Wildman–Crippen LogP) is 2.79. The van der Waals surface area contributed by atoms with Crippen LogP contribution >= 0.6 is 0 Å². The molecular formula is C13H17N3O. The minimum Gasteiger partial charge on any atom is -0.338 e. The molecule has 0 amide bonds. The number of aryl methyl sites for hydroxylation is 1. The Kier molecular flexibility index (Phi) is 3.75. The molecule has 1 aromatic carbocycles. The number of nitrogens with one attached hydrogen (secondary N) is 1. The van der Waals surface area contributed by atoms with Gasteiger partial charge in [-0.15, -0.1) is 0 Å². The average molecular weight is 231 g/mol. The maximum absolute atomic E-state index is 5.09. The van der Waals surface area contributed by atoms with Crippen LogP contribution in [0.15, 0.2) is 28.8 Å². The van der Waals surface area contributed by atoms with E-state index < -0.39 is 0 Å². The average Bonchev–Trinajstić information content (AvgIpc) is 2.77. The largest absolute Gasteiger partial charge is 0.338 e. The number of rotatable bonds is 5. The molecule has 0 saturated carbocycles. The Morgan fingerprint density at radius 3 is 2.71 bits per heavy atom. The van der Waals surface area contributed by atoms with Gasteiger partial charge in [0.2, 0.25) is 0 Å². The van der Waals surface area contributed by atoms with Crippen molar-refractivity contribution in [1.82, 2.24) is 10.1 Å². The van der Waals surface area contributed by atoms with Gasteiger partial charge >= 0.3 is 6.01 Å². The van der Waals surface area contributed by atoms with Crippen molar-refractivity contribution in [3.63, 3.8) is 0 Å². The number of aromatic nitrogens is 2. The van der Waals surface area contributed by atoms with Crippen LogP contribution in [0, 0.1) is 6.92 Å². The molecule has 90 valence electrons. The third kappa shape index (κ3) is 3.31. The Morgan fingerprint density at radius 1 is 1.24 bits per heavy atom. The first-order chi connectivity index (χ1) is 8.28. The van der Waals surface area contributed by atoms with Gasteiger partial charge in [0.15, 0.2) is 5.82 Å². The van der Waals surface area contributed by atoms with E-state index in [1.807, 2.05) is 0 Å². The van der Waals surface area contributed by atoms with Gasteiger partial charge in [0.05, 0.1) is 0 Å².